The fraction of sp³-hybridized carbons (Fsp3) is 0.176. The first-order chi connectivity index (χ1) is 9.38. The van der Waals surface area contributed by atoms with E-state index >= 15 is 0 Å². The highest BCUT2D eigenvalue weighted by molar-refractivity contribution is 7.98. The molecule has 1 nitrogen and oxygen atoms in total. The van der Waals surface area contributed by atoms with E-state index in [1.165, 1.54) is 5.56 Å². The Labute approximate surface area is 119 Å². The minimum atomic E-state index is 0.741. The van der Waals surface area contributed by atoms with Gasteiger partial charge in [-0.3, -0.25) is 0 Å². The van der Waals surface area contributed by atoms with Crippen molar-refractivity contribution in [2.45, 2.75) is 5.75 Å². The van der Waals surface area contributed by atoms with Crippen molar-refractivity contribution in [1.82, 2.24) is 0 Å². The molecule has 0 saturated heterocycles. The maximum atomic E-state index is 5.69. The average Bonchev–Trinajstić information content (AvgIpc) is 2.49. The predicted molar refractivity (Wildman–Crippen MR) is 84.6 cm³/mol. The van der Waals surface area contributed by atoms with Gasteiger partial charge in [-0.1, -0.05) is 55.1 Å². The average molecular weight is 270 g/mol. The van der Waals surface area contributed by atoms with Crippen LogP contribution in [0.3, 0.4) is 0 Å². The zero-order valence-electron chi connectivity index (χ0n) is 10.9. The fourth-order valence-electron chi connectivity index (χ4n) is 1.68. The summed E-state index contributed by atoms with van der Waals surface area (Å²) in [6.07, 6.45) is 1.83. The molecule has 2 rings (SSSR count). The van der Waals surface area contributed by atoms with Crippen molar-refractivity contribution in [3.05, 3.63) is 72.3 Å². The lowest BCUT2D eigenvalue weighted by atomic mass is 10.2. The van der Waals surface area contributed by atoms with E-state index in [0.717, 1.165) is 29.4 Å². The normalized spacial score (nSPS) is 10.1. The molecule has 0 spiro atoms. The van der Waals surface area contributed by atoms with Crippen molar-refractivity contribution >= 4 is 17.8 Å². The van der Waals surface area contributed by atoms with Crippen molar-refractivity contribution in [2.75, 3.05) is 12.4 Å². The smallest absolute Gasteiger partial charge is 0.119 e. The van der Waals surface area contributed by atoms with Gasteiger partial charge in [0.25, 0.3) is 0 Å². The Hall–Kier alpha value is -1.67. The summed E-state index contributed by atoms with van der Waals surface area (Å²) in [6, 6.07) is 18.5. The van der Waals surface area contributed by atoms with Crippen LogP contribution in [0.4, 0.5) is 0 Å². The lowest BCUT2D eigenvalue weighted by Gasteiger charge is -2.06. The lowest BCUT2D eigenvalue weighted by molar-refractivity contribution is 0.344. The molecule has 2 heteroatoms. The van der Waals surface area contributed by atoms with Gasteiger partial charge in [-0.25, -0.2) is 0 Å². The number of ether oxygens (including phenoxy) is 1. The second kappa shape index (κ2) is 7.70. The van der Waals surface area contributed by atoms with Crippen LogP contribution in [0.1, 0.15) is 11.1 Å². The minimum Gasteiger partial charge on any atom is -0.493 e. The van der Waals surface area contributed by atoms with Crippen LogP contribution in [0, 0.1) is 0 Å². The lowest BCUT2D eigenvalue weighted by Crippen LogP contribution is -2.00. The van der Waals surface area contributed by atoms with Crippen LogP contribution in [-0.2, 0) is 5.75 Å². The van der Waals surface area contributed by atoms with Gasteiger partial charge in [0.05, 0.1) is 6.61 Å². The summed E-state index contributed by atoms with van der Waals surface area (Å²) in [6.45, 7) is 4.47. The molecule has 2 aromatic rings. The third-order valence-corrected chi connectivity index (χ3v) is 3.72. The molecule has 0 aliphatic carbocycles. The van der Waals surface area contributed by atoms with Gasteiger partial charge in [0.1, 0.15) is 5.75 Å². The Kier molecular flexibility index (Phi) is 5.57. The van der Waals surface area contributed by atoms with Crippen LogP contribution in [0.5, 0.6) is 5.75 Å². The summed E-state index contributed by atoms with van der Waals surface area (Å²) in [5, 5.41) is 0. The van der Waals surface area contributed by atoms with E-state index in [1.54, 1.807) is 0 Å². The minimum absolute atomic E-state index is 0.741. The first kappa shape index (κ1) is 13.8. The van der Waals surface area contributed by atoms with Crippen molar-refractivity contribution in [2.24, 2.45) is 0 Å². The topological polar surface area (TPSA) is 9.23 Å². The highest BCUT2D eigenvalue weighted by atomic mass is 32.2. The summed E-state index contributed by atoms with van der Waals surface area (Å²) in [5.41, 5.74) is 2.48. The standard InChI is InChI=1S/C17H18OS/c1-2-15-8-10-17(11-9-15)18-12-13-19-14-16-6-4-3-5-7-16/h2-11H,1,12-14H2. The summed E-state index contributed by atoms with van der Waals surface area (Å²) >= 11 is 1.89. The van der Waals surface area contributed by atoms with Crippen molar-refractivity contribution in [3.63, 3.8) is 0 Å². The van der Waals surface area contributed by atoms with Gasteiger partial charge in [0, 0.05) is 11.5 Å². The monoisotopic (exact) mass is 270 g/mol. The third-order valence-electron chi connectivity index (χ3n) is 2.72. The van der Waals surface area contributed by atoms with Crippen molar-refractivity contribution in [1.29, 1.82) is 0 Å². The molecule has 0 aliphatic heterocycles. The number of hydrogen-bond acceptors (Lipinski definition) is 2. The Balaban J connectivity index is 1.65. The Bertz CT molecular complexity index is 490. The Morgan fingerprint density at radius 2 is 1.74 bits per heavy atom. The van der Waals surface area contributed by atoms with Gasteiger partial charge in [-0.05, 0) is 23.3 Å². The molecule has 0 aromatic heterocycles. The van der Waals surface area contributed by atoms with Crippen LogP contribution in [0.25, 0.3) is 6.08 Å². The van der Waals surface area contributed by atoms with Gasteiger partial charge in [-0.15, -0.1) is 0 Å². The molecule has 0 heterocycles. The molecule has 0 saturated carbocycles. The third kappa shape index (κ3) is 4.84. The number of hydrogen-bond donors (Lipinski definition) is 0. The Morgan fingerprint density at radius 1 is 1.00 bits per heavy atom. The molecule has 0 unspecified atom stereocenters. The molecule has 0 radical (unpaired) electrons. The second-order valence-electron chi connectivity index (χ2n) is 4.16. The molecule has 19 heavy (non-hydrogen) atoms. The highest BCUT2D eigenvalue weighted by Gasteiger charge is 1.95. The zero-order chi connectivity index (χ0) is 13.3. The molecule has 2 aromatic carbocycles. The van der Waals surface area contributed by atoms with Crippen molar-refractivity contribution in [3.8, 4) is 5.75 Å². The molecule has 0 atom stereocenters. The molecule has 98 valence electrons. The van der Waals surface area contributed by atoms with Gasteiger partial charge < -0.3 is 4.74 Å². The Morgan fingerprint density at radius 3 is 2.42 bits per heavy atom. The molecule has 0 bridgehead atoms. The van der Waals surface area contributed by atoms with Crippen LogP contribution in [-0.4, -0.2) is 12.4 Å². The van der Waals surface area contributed by atoms with Gasteiger partial charge in [0.15, 0.2) is 0 Å². The van der Waals surface area contributed by atoms with Crippen LogP contribution in [0.2, 0.25) is 0 Å². The molecular formula is C17H18OS. The molecular weight excluding hydrogens is 252 g/mol. The first-order valence-corrected chi connectivity index (χ1v) is 7.51. The van der Waals surface area contributed by atoms with Crippen LogP contribution in [0.15, 0.2) is 61.2 Å². The molecule has 0 fully saturated rings. The van der Waals surface area contributed by atoms with E-state index in [2.05, 4.69) is 30.8 Å². The van der Waals surface area contributed by atoms with E-state index in [4.69, 9.17) is 4.74 Å². The highest BCUT2D eigenvalue weighted by Crippen LogP contribution is 2.15. The first-order valence-electron chi connectivity index (χ1n) is 6.35. The largest absolute Gasteiger partial charge is 0.493 e. The zero-order valence-corrected chi connectivity index (χ0v) is 11.7. The van der Waals surface area contributed by atoms with Gasteiger partial charge >= 0.3 is 0 Å². The number of thioether (sulfide) groups is 1. The quantitative estimate of drug-likeness (QED) is 0.678. The molecule has 0 aliphatic rings. The van der Waals surface area contributed by atoms with E-state index in [1.807, 2.05) is 48.2 Å². The molecule has 0 amide bonds. The van der Waals surface area contributed by atoms with E-state index in [-0.39, 0.29) is 0 Å². The summed E-state index contributed by atoms with van der Waals surface area (Å²) in [5.74, 6) is 2.96. The van der Waals surface area contributed by atoms with Crippen LogP contribution < -0.4 is 4.74 Å². The van der Waals surface area contributed by atoms with E-state index < -0.39 is 0 Å². The maximum absolute atomic E-state index is 5.69. The predicted octanol–water partition coefficient (Wildman–Crippen LogP) is 4.64. The maximum Gasteiger partial charge on any atom is 0.119 e. The van der Waals surface area contributed by atoms with Crippen LogP contribution >= 0.6 is 11.8 Å². The van der Waals surface area contributed by atoms with Gasteiger partial charge in [0.2, 0.25) is 0 Å². The van der Waals surface area contributed by atoms with Gasteiger partial charge in [-0.2, -0.15) is 11.8 Å². The second-order valence-corrected chi connectivity index (χ2v) is 5.26. The van der Waals surface area contributed by atoms with E-state index in [9.17, 15) is 0 Å². The van der Waals surface area contributed by atoms with Crippen molar-refractivity contribution < 1.29 is 4.74 Å². The molecule has 0 N–H and O–H groups in total. The number of rotatable bonds is 7. The summed E-state index contributed by atoms with van der Waals surface area (Å²) in [7, 11) is 0. The summed E-state index contributed by atoms with van der Waals surface area (Å²) in [4.78, 5) is 0. The fourth-order valence-corrected chi connectivity index (χ4v) is 2.46. The number of benzene rings is 2. The van der Waals surface area contributed by atoms with E-state index in [0.29, 0.717) is 0 Å². The summed E-state index contributed by atoms with van der Waals surface area (Å²) < 4.78 is 5.69. The SMILES string of the molecule is C=Cc1ccc(OCCSCc2ccccc2)cc1.